The van der Waals surface area contributed by atoms with Gasteiger partial charge in [-0.3, -0.25) is 9.88 Å². The Balaban J connectivity index is 1.89. The number of amides is 1. The van der Waals surface area contributed by atoms with Crippen LogP contribution in [0.4, 0.5) is 4.79 Å². The first-order valence-corrected chi connectivity index (χ1v) is 7.92. The number of hydrogen-bond acceptors (Lipinski definition) is 5. The number of aromatic nitrogens is 3. The topological polar surface area (TPSA) is 69.5 Å². The van der Waals surface area contributed by atoms with Gasteiger partial charge < -0.3 is 14.0 Å². The van der Waals surface area contributed by atoms with Crippen molar-refractivity contribution in [2.24, 2.45) is 0 Å². The van der Waals surface area contributed by atoms with Gasteiger partial charge in [0.05, 0.1) is 19.3 Å². The van der Waals surface area contributed by atoms with Crippen molar-refractivity contribution in [1.29, 1.82) is 0 Å². The summed E-state index contributed by atoms with van der Waals surface area (Å²) in [4.78, 5) is 22.9. The van der Waals surface area contributed by atoms with E-state index in [0.29, 0.717) is 25.5 Å². The standard InChI is InChI=1S/C17H22N4O3/c1-17(2,3)24-16(22)20-9-10-21-13(11-20)19-15(23-4)14(21)12-7-5-6-8-18-12/h5-8H,9-11H2,1-4H3. The van der Waals surface area contributed by atoms with Gasteiger partial charge >= 0.3 is 6.09 Å². The molecule has 0 aromatic carbocycles. The largest absolute Gasteiger partial charge is 0.479 e. The van der Waals surface area contributed by atoms with E-state index >= 15 is 0 Å². The van der Waals surface area contributed by atoms with Gasteiger partial charge in [-0.25, -0.2) is 4.79 Å². The zero-order valence-corrected chi connectivity index (χ0v) is 14.4. The van der Waals surface area contributed by atoms with Gasteiger partial charge in [-0.05, 0) is 32.9 Å². The molecule has 0 spiro atoms. The first-order chi connectivity index (χ1) is 11.4. The summed E-state index contributed by atoms with van der Waals surface area (Å²) < 4.78 is 12.9. The summed E-state index contributed by atoms with van der Waals surface area (Å²) in [6, 6.07) is 5.72. The SMILES string of the molecule is COc1nc2n(c1-c1ccccn1)CCN(C(=O)OC(C)(C)C)C2. The highest BCUT2D eigenvalue weighted by Gasteiger charge is 2.30. The molecule has 0 aliphatic carbocycles. The van der Waals surface area contributed by atoms with E-state index < -0.39 is 5.60 Å². The van der Waals surface area contributed by atoms with Crippen molar-refractivity contribution >= 4 is 6.09 Å². The molecule has 7 nitrogen and oxygen atoms in total. The summed E-state index contributed by atoms with van der Waals surface area (Å²) in [7, 11) is 1.59. The van der Waals surface area contributed by atoms with E-state index in [1.165, 1.54) is 0 Å². The number of carbonyl (C=O) groups is 1. The average molecular weight is 330 g/mol. The van der Waals surface area contributed by atoms with Crippen LogP contribution < -0.4 is 4.74 Å². The Hall–Kier alpha value is -2.57. The van der Waals surface area contributed by atoms with Gasteiger partial charge in [-0.15, -0.1) is 0 Å². The lowest BCUT2D eigenvalue weighted by Crippen LogP contribution is -2.41. The lowest BCUT2D eigenvalue weighted by molar-refractivity contribution is 0.0196. The minimum atomic E-state index is -0.513. The second-order valence-corrected chi connectivity index (χ2v) is 6.65. The molecule has 0 saturated heterocycles. The number of imidazole rings is 1. The van der Waals surface area contributed by atoms with Gasteiger partial charge in [0.25, 0.3) is 0 Å². The maximum Gasteiger partial charge on any atom is 0.410 e. The van der Waals surface area contributed by atoms with Gasteiger partial charge in [0.15, 0.2) is 0 Å². The van der Waals surface area contributed by atoms with Crippen molar-refractivity contribution in [3.63, 3.8) is 0 Å². The maximum atomic E-state index is 12.3. The van der Waals surface area contributed by atoms with Crippen LogP contribution >= 0.6 is 0 Å². The van der Waals surface area contributed by atoms with Crippen LogP contribution in [0.3, 0.4) is 0 Å². The molecule has 0 saturated carbocycles. The van der Waals surface area contributed by atoms with E-state index in [9.17, 15) is 4.79 Å². The summed E-state index contributed by atoms with van der Waals surface area (Å²) >= 11 is 0. The molecule has 0 bridgehead atoms. The minimum Gasteiger partial charge on any atom is -0.479 e. The number of methoxy groups -OCH3 is 1. The molecule has 0 atom stereocenters. The predicted octanol–water partition coefficient (Wildman–Crippen LogP) is 2.70. The van der Waals surface area contributed by atoms with Gasteiger partial charge in [0.2, 0.25) is 5.88 Å². The summed E-state index contributed by atoms with van der Waals surface area (Å²) in [5.74, 6) is 1.29. The number of ether oxygens (including phenoxy) is 2. The van der Waals surface area contributed by atoms with Gasteiger partial charge in [0, 0.05) is 19.3 Å². The van der Waals surface area contributed by atoms with Crippen molar-refractivity contribution in [1.82, 2.24) is 19.4 Å². The van der Waals surface area contributed by atoms with Crippen molar-refractivity contribution in [3.05, 3.63) is 30.2 Å². The second kappa shape index (κ2) is 6.14. The second-order valence-electron chi connectivity index (χ2n) is 6.65. The number of pyridine rings is 1. The fourth-order valence-corrected chi connectivity index (χ4v) is 2.68. The van der Waals surface area contributed by atoms with Crippen molar-refractivity contribution in [2.75, 3.05) is 13.7 Å². The third-order valence-corrected chi connectivity index (χ3v) is 3.69. The van der Waals surface area contributed by atoms with E-state index in [0.717, 1.165) is 17.2 Å². The zero-order valence-electron chi connectivity index (χ0n) is 14.4. The Morgan fingerprint density at radius 1 is 1.25 bits per heavy atom. The molecule has 3 rings (SSSR count). The third kappa shape index (κ3) is 3.20. The Kier molecular flexibility index (Phi) is 4.17. The molecule has 0 N–H and O–H groups in total. The number of fused-ring (bicyclic) bond motifs is 1. The Labute approximate surface area is 141 Å². The van der Waals surface area contributed by atoms with Crippen molar-refractivity contribution in [3.8, 4) is 17.3 Å². The zero-order chi connectivity index (χ0) is 17.3. The van der Waals surface area contributed by atoms with Gasteiger partial charge in [-0.2, -0.15) is 4.98 Å². The quantitative estimate of drug-likeness (QED) is 0.847. The fraction of sp³-hybridized carbons (Fsp3) is 0.471. The van der Waals surface area contributed by atoms with Crippen LogP contribution in [-0.4, -0.2) is 44.8 Å². The van der Waals surface area contributed by atoms with E-state index in [4.69, 9.17) is 9.47 Å². The lowest BCUT2D eigenvalue weighted by Gasteiger charge is -2.30. The van der Waals surface area contributed by atoms with Crippen LogP contribution in [0.15, 0.2) is 24.4 Å². The number of hydrogen-bond donors (Lipinski definition) is 0. The average Bonchev–Trinajstić information content (AvgIpc) is 2.91. The van der Waals surface area contributed by atoms with Crippen LogP contribution in [0.5, 0.6) is 5.88 Å². The molecule has 24 heavy (non-hydrogen) atoms. The molecule has 3 heterocycles. The molecule has 2 aromatic heterocycles. The van der Waals surface area contributed by atoms with Crippen molar-refractivity contribution in [2.45, 2.75) is 39.5 Å². The predicted molar refractivity (Wildman–Crippen MR) is 88.7 cm³/mol. The first kappa shape index (κ1) is 16.3. The molecule has 1 amide bonds. The van der Waals surface area contributed by atoms with E-state index in [1.807, 2.05) is 39.0 Å². The summed E-state index contributed by atoms with van der Waals surface area (Å²) in [6.07, 6.45) is 1.42. The highest BCUT2D eigenvalue weighted by atomic mass is 16.6. The number of carbonyl (C=O) groups excluding carboxylic acids is 1. The van der Waals surface area contributed by atoms with Crippen LogP contribution in [0.25, 0.3) is 11.4 Å². The van der Waals surface area contributed by atoms with Crippen LogP contribution in [0, 0.1) is 0 Å². The van der Waals surface area contributed by atoms with Gasteiger partial charge in [0.1, 0.15) is 17.1 Å². The molecule has 7 heteroatoms. The lowest BCUT2D eigenvalue weighted by atomic mass is 10.2. The van der Waals surface area contributed by atoms with E-state index in [-0.39, 0.29) is 6.09 Å². The highest BCUT2D eigenvalue weighted by Crippen LogP contribution is 2.31. The molecule has 128 valence electrons. The van der Waals surface area contributed by atoms with Crippen LogP contribution in [0.1, 0.15) is 26.6 Å². The normalized spacial score (nSPS) is 14.2. The number of nitrogens with zero attached hydrogens (tertiary/aromatic N) is 4. The first-order valence-electron chi connectivity index (χ1n) is 7.92. The molecule has 0 unspecified atom stereocenters. The minimum absolute atomic E-state index is 0.324. The van der Waals surface area contributed by atoms with Crippen molar-refractivity contribution < 1.29 is 14.3 Å². The van der Waals surface area contributed by atoms with Crippen LogP contribution in [-0.2, 0) is 17.8 Å². The Morgan fingerprint density at radius 2 is 2.04 bits per heavy atom. The molecular weight excluding hydrogens is 308 g/mol. The molecule has 2 aromatic rings. The third-order valence-electron chi connectivity index (χ3n) is 3.69. The Bertz CT molecular complexity index is 734. The summed E-state index contributed by atoms with van der Waals surface area (Å²) in [5, 5.41) is 0. The Morgan fingerprint density at radius 3 is 2.67 bits per heavy atom. The summed E-state index contributed by atoms with van der Waals surface area (Å²) in [5.41, 5.74) is 1.14. The fourth-order valence-electron chi connectivity index (χ4n) is 2.68. The molecule has 1 aliphatic rings. The molecular formula is C17H22N4O3. The maximum absolute atomic E-state index is 12.3. The van der Waals surface area contributed by atoms with E-state index in [2.05, 4.69) is 14.5 Å². The summed E-state index contributed by atoms with van der Waals surface area (Å²) in [6.45, 7) is 7.14. The van der Waals surface area contributed by atoms with Gasteiger partial charge in [-0.1, -0.05) is 6.07 Å². The smallest absolute Gasteiger partial charge is 0.410 e. The molecule has 0 radical (unpaired) electrons. The molecule has 0 fully saturated rings. The monoisotopic (exact) mass is 330 g/mol. The molecule has 1 aliphatic heterocycles. The highest BCUT2D eigenvalue weighted by molar-refractivity contribution is 5.69. The van der Waals surface area contributed by atoms with E-state index in [1.54, 1.807) is 18.2 Å². The van der Waals surface area contributed by atoms with Crippen LogP contribution in [0.2, 0.25) is 0 Å². The number of rotatable bonds is 2.